The molecule has 2 amide bonds. The average Bonchev–Trinajstić information content (AvgIpc) is 2.55. The Morgan fingerprint density at radius 3 is 2.74 bits per heavy atom. The molecule has 0 aliphatic carbocycles. The Kier molecular flexibility index (Phi) is 6.76. The zero-order valence-corrected chi connectivity index (χ0v) is 13.7. The van der Waals surface area contributed by atoms with Crippen LogP contribution in [0.25, 0.3) is 0 Å². The molecule has 0 aromatic heterocycles. The number of urea groups is 1. The maximum atomic E-state index is 12.4. The predicted molar refractivity (Wildman–Crippen MR) is 85.6 cm³/mol. The first kappa shape index (κ1) is 17.7. The molecule has 1 N–H and O–H groups in total. The van der Waals surface area contributed by atoms with Gasteiger partial charge in [0.2, 0.25) is 0 Å². The van der Waals surface area contributed by atoms with Crippen molar-refractivity contribution in [2.75, 3.05) is 38.2 Å². The molecule has 0 radical (unpaired) electrons. The fourth-order valence-electron chi connectivity index (χ4n) is 2.26. The maximum absolute atomic E-state index is 12.4. The van der Waals surface area contributed by atoms with E-state index in [1.54, 1.807) is 17.0 Å². The summed E-state index contributed by atoms with van der Waals surface area (Å²) in [7, 11) is 1.39. The Morgan fingerprint density at radius 2 is 2.09 bits per heavy atom. The van der Waals surface area contributed by atoms with Crippen LogP contribution in [0.4, 0.5) is 13.6 Å². The highest BCUT2D eigenvalue weighted by Gasteiger charge is 2.16. The van der Waals surface area contributed by atoms with Crippen LogP contribution >= 0.6 is 11.8 Å². The van der Waals surface area contributed by atoms with E-state index < -0.39 is 6.61 Å². The van der Waals surface area contributed by atoms with Crippen LogP contribution in [0.1, 0.15) is 5.56 Å². The van der Waals surface area contributed by atoms with Crippen molar-refractivity contribution in [1.29, 1.82) is 0 Å². The Bertz CT molecular complexity index is 525. The highest BCUT2D eigenvalue weighted by molar-refractivity contribution is 7.99. The lowest BCUT2D eigenvalue weighted by Gasteiger charge is -2.26. The number of thioether (sulfide) groups is 1. The number of halogens is 2. The number of benzene rings is 1. The molecule has 23 heavy (non-hydrogen) atoms. The number of alkyl halides is 2. The van der Waals surface area contributed by atoms with E-state index in [0.29, 0.717) is 13.0 Å². The fourth-order valence-corrected chi connectivity index (χ4v) is 3.16. The molecule has 1 fully saturated rings. The van der Waals surface area contributed by atoms with E-state index >= 15 is 0 Å². The second-order valence-electron chi connectivity index (χ2n) is 4.95. The topological polar surface area (TPSA) is 50.8 Å². The molecule has 1 heterocycles. The summed E-state index contributed by atoms with van der Waals surface area (Å²) in [5, 5.41) is 2.85. The van der Waals surface area contributed by atoms with Crippen LogP contribution in [0.3, 0.4) is 0 Å². The molecule has 1 aliphatic heterocycles. The molecule has 1 saturated heterocycles. The second-order valence-corrected chi connectivity index (χ2v) is 6.17. The van der Waals surface area contributed by atoms with E-state index in [-0.39, 0.29) is 17.5 Å². The van der Waals surface area contributed by atoms with Gasteiger partial charge in [-0.05, 0) is 24.1 Å². The number of carbonyl (C=O) groups is 1. The van der Waals surface area contributed by atoms with E-state index in [1.165, 1.54) is 13.2 Å². The first-order chi connectivity index (χ1) is 11.1. The van der Waals surface area contributed by atoms with Crippen molar-refractivity contribution in [2.24, 2.45) is 0 Å². The van der Waals surface area contributed by atoms with E-state index in [9.17, 15) is 13.6 Å². The first-order valence-electron chi connectivity index (χ1n) is 7.32. The minimum atomic E-state index is -2.91. The van der Waals surface area contributed by atoms with Crippen molar-refractivity contribution in [3.8, 4) is 11.5 Å². The van der Waals surface area contributed by atoms with E-state index in [4.69, 9.17) is 4.74 Å². The van der Waals surface area contributed by atoms with Crippen molar-refractivity contribution in [3.05, 3.63) is 23.8 Å². The molecule has 1 aromatic rings. The number of carbonyl (C=O) groups excluding carboxylic acids is 1. The molecule has 0 spiro atoms. The van der Waals surface area contributed by atoms with Gasteiger partial charge in [-0.25, -0.2) is 4.79 Å². The Hall–Kier alpha value is -1.70. The summed E-state index contributed by atoms with van der Waals surface area (Å²) in [5.41, 5.74) is 0.788. The summed E-state index contributed by atoms with van der Waals surface area (Å²) < 4.78 is 34.2. The molecule has 2 rings (SSSR count). The van der Waals surface area contributed by atoms with Crippen molar-refractivity contribution in [3.63, 3.8) is 0 Å². The first-order valence-corrected chi connectivity index (χ1v) is 8.48. The lowest BCUT2D eigenvalue weighted by molar-refractivity contribution is -0.0512. The molecule has 128 valence electrons. The van der Waals surface area contributed by atoms with Crippen LogP contribution in [0, 0.1) is 0 Å². The van der Waals surface area contributed by atoms with E-state index in [2.05, 4.69) is 10.1 Å². The van der Waals surface area contributed by atoms with Crippen molar-refractivity contribution in [1.82, 2.24) is 10.2 Å². The Balaban J connectivity index is 1.86. The summed E-state index contributed by atoms with van der Waals surface area (Å²) >= 11 is 1.84. The number of nitrogens with one attached hydrogen (secondary N) is 1. The normalized spacial score (nSPS) is 14.7. The number of amides is 2. The minimum Gasteiger partial charge on any atom is -0.493 e. The number of methoxy groups -OCH3 is 1. The summed E-state index contributed by atoms with van der Waals surface area (Å²) in [4.78, 5) is 13.8. The van der Waals surface area contributed by atoms with Crippen molar-refractivity contribution in [2.45, 2.75) is 13.0 Å². The molecule has 0 atom stereocenters. The molecule has 0 bridgehead atoms. The summed E-state index contributed by atoms with van der Waals surface area (Å²) in [6, 6.07) is 4.77. The molecular formula is C15H20F2N2O3S. The fraction of sp³-hybridized carbons (Fsp3) is 0.533. The van der Waals surface area contributed by atoms with Crippen LogP contribution < -0.4 is 14.8 Å². The van der Waals surface area contributed by atoms with Gasteiger partial charge >= 0.3 is 12.6 Å². The predicted octanol–water partition coefficient (Wildman–Crippen LogP) is 2.60. The monoisotopic (exact) mass is 346 g/mol. The summed E-state index contributed by atoms with van der Waals surface area (Å²) in [5.74, 6) is 2.17. The number of nitrogens with zero attached hydrogens (tertiary/aromatic N) is 1. The van der Waals surface area contributed by atoms with Gasteiger partial charge in [-0.3, -0.25) is 0 Å². The molecule has 8 heteroatoms. The number of hydrogen-bond acceptors (Lipinski definition) is 4. The molecular weight excluding hydrogens is 326 g/mol. The quantitative estimate of drug-likeness (QED) is 0.860. The van der Waals surface area contributed by atoms with Gasteiger partial charge < -0.3 is 19.7 Å². The zero-order valence-electron chi connectivity index (χ0n) is 12.9. The van der Waals surface area contributed by atoms with Gasteiger partial charge in [-0.15, -0.1) is 0 Å². The van der Waals surface area contributed by atoms with Crippen LogP contribution in [0.15, 0.2) is 18.2 Å². The molecule has 1 aliphatic rings. The Labute approximate surface area is 138 Å². The minimum absolute atomic E-state index is 0.000572. The van der Waals surface area contributed by atoms with Crippen molar-refractivity contribution < 1.29 is 23.0 Å². The van der Waals surface area contributed by atoms with Crippen molar-refractivity contribution >= 4 is 17.8 Å². The van der Waals surface area contributed by atoms with Crippen LogP contribution in [0.5, 0.6) is 11.5 Å². The average molecular weight is 346 g/mol. The highest BCUT2D eigenvalue weighted by atomic mass is 32.2. The van der Waals surface area contributed by atoms with Gasteiger partial charge in [-0.1, -0.05) is 6.07 Å². The Morgan fingerprint density at radius 1 is 1.35 bits per heavy atom. The lowest BCUT2D eigenvalue weighted by Crippen LogP contribution is -2.44. The molecule has 0 unspecified atom stereocenters. The smallest absolute Gasteiger partial charge is 0.387 e. The van der Waals surface area contributed by atoms with Crippen LogP contribution in [0.2, 0.25) is 0 Å². The van der Waals surface area contributed by atoms with E-state index in [0.717, 1.165) is 30.2 Å². The van der Waals surface area contributed by atoms with Gasteiger partial charge in [-0.2, -0.15) is 20.5 Å². The van der Waals surface area contributed by atoms with E-state index in [1.807, 2.05) is 11.8 Å². The molecule has 0 saturated carbocycles. The van der Waals surface area contributed by atoms with Gasteiger partial charge in [0.25, 0.3) is 0 Å². The standard InChI is InChI=1S/C15H20F2N2O3S/c1-21-12-3-2-11(10-13(12)22-14(16)17)4-5-18-15(20)19-6-8-23-9-7-19/h2-3,10,14H,4-9H2,1H3,(H,18,20). The largest absolute Gasteiger partial charge is 0.493 e. The van der Waals surface area contributed by atoms with Gasteiger partial charge in [0, 0.05) is 31.1 Å². The van der Waals surface area contributed by atoms with Gasteiger partial charge in [0.1, 0.15) is 0 Å². The van der Waals surface area contributed by atoms with Gasteiger partial charge in [0.15, 0.2) is 11.5 Å². The van der Waals surface area contributed by atoms with Crippen LogP contribution in [-0.4, -0.2) is 55.8 Å². The second kappa shape index (κ2) is 8.81. The highest BCUT2D eigenvalue weighted by Crippen LogP contribution is 2.29. The maximum Gasteiger partial charge on any atom is 0.387 e. The molecule has 1 aromatic carbocycles. The SMILES string of the molecule is COc1ccc(CCNC(=O)N2CCSCC2)cc1OC(F)F. The van der Waals surface area contributed by atoms with Gasteiger partial charge in [0.05, 0.1) is 7.11 Å². The summed E-state index contributed by atoms with van der Waals surface area (Å²) in [6.07, 6.45) is 0.526. The third-order valence-electron chi connectivity index (χ3n) is 3.43. The zero-order chi connectivity index (χ0) is 16.7. The lowest BCUT2D eigenvalue weighted by atomic mass is 10.1. The number of hydrogen-bond donors (Lipinski definition) is 1. The third-order valence-corrected chi connectivity index (χ3v) is 4.37. The number of ether oxygens (including phenoxy) is 2. The summed E-state index contributed by atoms with van der Waals surface area (Å²) in [6.45, 7) is -0.962. The molecule has 5 nitrogen and oxygen atoms in total. The third kappa shape index (κ3) is 5.46. The number of rotatable bonds is 6. The van der Waals surface area contributed by atoms with Crippen LogP contribution in [-0.2, 0) is 6.42 Å².